The van der Waals surface area contributed by atoms with E-state index in [1.54, 1.807) is 6.07 Å². The maximum atomic E-state index is 13.9. The van der Waals surface area contributed by atoms with Gasteiger partial charge in [-0.2, -0.15) is 0 Å². The zero-order chi connectivity index (χ0) is 19.6. The summed E-state index contributed by atoms with van der Waals surface area (Å²) in [7, 11) is -3.88. The highest BCUT2D eigenvalue weighted by Gasteiger charge is 2.31. The van der Waals surface area contributed by atoms with Crippen LogP contribution in [-0.2, 0) is 14.8 Å². The number of amides is 1. The molecular formula is C16H14BrCl2FN2O3S. The van der Waals surface area contributed by atoms with Crippen molar-refractivity contribution in [1.29, 1.82) is 0 Å². The first kappa shape index (κ1) is 21.0. The molecule has 0 aliphatic carbocycles. The van der Waals surface area contributed by atoms with E-state index < -0.39 is 27.8 Å². The summed E-state index contributed by atoms with van der Waals surface area (Å²) in [6.07, 6.45) is 0.939. The molecular weight excluding hydrogens is 470 g/mol. The summed E-state index contributed by atoms with van der Waals surface area (Å²) < 4.78 is 39.8. The van der Waals surface area contributed by atoms with Crippen LogP contribution in [0.15, 0.2) is 40.9 Å². The molecule has 10 heteroatoms. The van der Waals surface area contributed by atoms with Crippen molar-refractivity contribution in [3.05, 3.63) is 56.7 Å². The lowest BCUT2D eigenvalue weighted by atomic mass is 10.2. The molecule has 0 bridgehead atoms. The fourth-order valence-corrected chi connectivity index (χ4v) is 4.20. The van der Waals surface area contributed by atoms with Gasteiger partial charge >= 0.3 is 0 Å². The molecule has 2 rings (SSSR count). The highest BCUT2D eigenvalue weighted by atomic mass is 79.9. The third kappa shape index (κ3) is 4.88. The zero-order valence-corrected chi connectivity index (χ0v) is 17.5. The molecule has 1 atom stereocenters. The minimum Gasteiger partial charge on any atom is -0.322 e. The van der Waals surface area contributed by atoms with Crippen LogP contribution in [0.5, 0.6) is 0 Å². The van der Waals surface area contributed by atoms with Gasteiger partial charge in [-0.25, -0.2) is 12.8 Å². The molecule has 1 amide bonds. The summed E-state index contributed by atoms with van der Waals surface area (Å²) in [4.78, 5) is 12.5. The van der Waals surface area contributed by atoms with Crippen LogP contribution in [-0.4, -0.2) is 26.6 Å². The summed E-state index contributed by atoms with van der Waals surface area (Å²) in [5.41, 5.74) is -0.0173. The van der Waals surface area contributed by atoms with E-state index in [0.29, 0.717) is 4.47 Å². The van der Waals surface area contributed by atoms with Gasteiger partial charge in [0.2, 0.25) is 15.9 Å². The number of anilines is 2. The van der Waals surface area contributed by atoms with Crippen LogP contribution in [0.1, 0.15) is 6.92 Å². The molecule has 2 aromatic rings. The third-order valence-electron chi connectivity index (χ3n) is 3.42. The van der Waals surface area contributed by atoms with Crippen LogP contribution in [0.3, 0.4) is 0 Å². The molecule has 1 unspecified atom stereocenters. The Labute approximate surface area is 169 Å². The zero-order valence-electron chi connectivity index (χ0n) is 13.6. The highest BCUT2D eigenvalue weighted by Crippen LogP contribution is 2.32. The number of sulfonamides is 1. The van der Waals surface area contributed by atoms with Crippen LogP contribution in [0.4, 0.5) is 15.8 Å². The molecule has 0 saturated heterocycles. The average Bonchev–Trinajstić information content (AvgIpc) is 2.52. The van der Waals surface area contributed by atoms with Gasteiger partial charge in [0, 0.05) is 9.50 Å². The lowest BCUT2D eigenvalue weighted by molar-refractivity contribution is -0.116. The fourth-order valence-electron chi connectivity index (χ4n) is 2.26. The average molecular weight is 484 g/mol. The molecule has 140 valence electrons. The number of benzene rings is 2. The van der Waals surface area contributed by atoms with Gasteiger partial charge in [0.1, 0.15) is 11.9 Å². The van der Waals surface area contributed by atoms with Crippen LogP contribution in [0.25, 0.3) is 0 Å². The standard InChI is InChI=1S/C16H14BrCl2FN2O3S/c1-9(16(23)21-14-6-3-10(17)7-13(14)20)22(26(2,24)25)15-8-11(18)4-5-12(15)19/h3-9H,1-2H3,(H,21,23). The maximum Gasteiger partial charge on any atom is 0.248 e. The Balaban J connectivity index is 2.39. The molecule has 2 aromatic carbocycles. The van der Waals surface area contributed by atoms with E-state index in [2.05, 4.69) is 21.2 Å². The van der Waals surface area contributed by atoms with E-state index in [4.69, 9.17) is 23.2 Å². The topological polar surface area (TPSA) is 66.5 Å². The quantitative estimate of drug-likeness (QED) is 0.670. The third-order valence-corrected chi connectivity index (χ3v) is 5.70. The van der Waals surface area contributed by atoms with Gasteiger partial charge in [-0.3, -0.25) is 9.10 Å². The number of nitrogens with one attached hydrogen (secondary N) is 1. The first-order valence-electron chi connectivity index (χ1n) is 7.21. The molecule has 0 spiro atoms. The van der Waals surface area contributed by atoms with Crippen molar-refractivity contribution in [2.45, 2.75) is 13.0 Å². The van der Waals surface area contributed by atoms with E-state index >= 15 is 0 Å². The maximum absolute atomic E-state index is 13.9. The van der Waals surface area contributed by atoms with Crippen molar-refractivity contribution >= 4 is 66.4 Å². The van der Waals surface area contributed by atoms with E-state index in [9.17, 15) is 17.6 Å². The summed E-state index contributed by atoms with van der Waals surface area (Å²) in [5.74, 6) is -1.39. The van der Waals surface area contributed by atoms with Gasteiger partial charge in [-0.1, -0.05) is 39.1 Å². The predicted molar refractivity (Wildman–Crippen MR) is 106 cm³/mol. The van der Waals surface area contributed by atoms with Gasteiger partial charge < -0.3 is 5.32 Å². The smallest absolute Gasteiger partial charge is 0.248 e. The molecule has 0 fully saturated rings. The molecule has 0 aromatic heterocycles. The second-order valence-corrected chi connectivity index (χ2v) is 9.06. The largest absolute Gasteiger partial charge is 0.322 e. The van der Waals surface area contributed by atoms with E-state index in [0.717, 1.165) is 10.6 Å². The van der Waals surface area contributed by atoms with Crippen LogP contribution < -0.4 is 9.62 Å². The van der Waals surface area contributed by atoms with Gasteiger partial charge in [0.15, 0.2) is 0 Å². The fraction of sp³-hybridized carbons (Fsp3) is 0.188. The second-order valence-electron chi connectivity index (χ2n) is 5.44. The minimum atomic E-state index is -3.88. The van der Waals surface area contributed by atoms with Crippen molar-refractivity contribution < 1.29 is 17.6 Å². The van der Waals surface area contributed by atoms with Gasteiger partial charge in [-0.05, 0) is 43.3 Å². The van der Waals surface area contributed by atoms with Crippen molar-refractivity contribution in [1.82, 2.24) is 0 Å². The predicted octanol–water partition coefficient (Wildman–Crippen LogP) is 4.69. The molecule has 0 saturated carbocycles. The Morgan fingerprint density at radius 2 is 1.88 bits per heavy atom. The van der Waals surface area contributed by atoms with Crippen molar-refractivity contribution in [2.75, 3.05) is 15.9 Å². The van der Waals surface area contributed by atoms with Gasteiger partial charge in [0.05, 0.1) is 22.7 Å². The van der Waals surface area contributed by atoms with E-state index in [1.807, 2.05) is 0 Å². The first-order chi connectivity index (χ1) is 12.0. The minimum absolute atomic E-state index is 0.0561. The lowest BCUT2D eigenvalue weighted by Crippen LogP contribution is -2.45. The first-order valence-corrected chi connectivity index (χ1v) is 10.6. The normalized spacial score (nSPS) is 12.5. The number of hydrogen-bond donors (Lipinski definition) is 1. The molecule has 0 aliphatic rings. The Hall–Kier alpha value is -1.35. The molecule has 1 N–H and O–H groups in total. The lowest BCUT2D eigenvalue weighted by Gasteiger charge is -2.29. The summed E-state index contributed by atoms with van der Waals surface area (Å²) >= 11 is 15.1. The van der Waals surface area contributed by atoms with Crippen LogP contribution in [0, 0.1) is 5.82 Å². The Morgan fingerprint density at radius 3 is 2.46 bits per heavy atom. The van der Waals surface area contributed by atoms with E-state index in [-0.39, 0.29) is 21.4 Å². The number of nitrogens with zero attached hydrogens (tertiary/aromatic N) is 1. The summed E-state index contributed by atoms with van der Waals surface area (Å²) in [6.45, 7) is 1.37. The van der Waals surface area contributed by atoms with Crippen molar-refractivity contribution in [2.24, 2.45) is 0 Å². The molecule has 0 aliphatic heterocycles. The SMILES string of the molecule is CC(C(=O)Nc1ccc(Br)cc1F)N(c1cc(Cl)ccc1Cl)S(C)(=O)=O. The number of rotatable bonds is 5. The van der Waals surface area contributed by atoms with E-state index in [1.165, 1.54) is 37.3 Å². The highest BCUT2D eigenvalue weighted by molar-refractivity contribution is 9.10. The number of carbonyl (C=O) groups is 1. The molecule has 0 heterocycles. The molecule has 0 radical (unpaired) electrons. The Morgan fingerprint density at radius 1 is 1.23 bits per heavy atom. The number of halogens is 4. The second kappa shape index (κ2) is 8.12. The molecule has 26 heavy (non-hydrogen) atoms. The monoisotopic (exact) mass is 482 g/mol. The van der Waals surface area contributed by atoms with Crippen molar-refractivity contribution in [3.8, 4) is 0 Å². The summed E-state index contributed by atoms with van der Waals surface area (Å²) in [5, 5.41) is 2.74. The number of carbonyl (C=O) groups excluding carboxylic acids is 1. The van der Waals surface area contributed by atoms with Crippen LogP contribution in [0.2, 0.25) is 10.0 Å². The van der Waals surface area contributed by atoms with Crippen molar-refractivity contribution in [3.63, 3.8) is 0 Å². The van der Waals surface area contributed by atoms with Crippen LogP contribution >= 0.6 is 39.1 Å². The van der Waals surface area contributed by atoms with Gasteiger partial charge in [0.25, 0.3) is 0 Å². The van der Waals surface area contributed by atoms with Gasteiger partial charge in [-0.15, -0.1) is 0 Å². The Kier molecular flexibility index (Phi) is 6.55. The summed E-state index contributed by atoms with van der Waals surface area (Å²) in [6, 6.07) is 7.15. The Bertz CT molecular complexity index is 957. The number of hydrogen-bond acceptors (Lipinski definition) is 3. The molecule has 5 nitrogen and oxygen atoms in total.